The first-order valence-electron chi connectivity index (χ1n) is 4.81. The Hall–Kier alpha value is -1.09. The zero-order valence-electron chi connectivity index (χ0n) is 8.22. The Kier molecular flexibility index (Phi) is 2.42. The van der Waals surface area contributed by atoms with Gasteiger partial charge in [-0.2, -0.15) is 0 Å². The van der Waals surface area contributed by atoms with Gasteiger partial charge in [-0.05, 0) is 36.5 Å². The maximum atomic E-state index is 13.1. The van der Waals surface area contributed by atoms with E-state index >= 15 is 0 Å². The van der Waals surface area contributed by atoms with E-state index in [2.05, 4.69) is 0 Å². The molecule has 1 aromatic carbocycles. The molecule has 0 bridgehead atoms. The number of rotatable bonds is 1. The van der Waals surface area contributed by atoms with Crippen LogP contribution in [0.15, 0.2) is 12.1 Å². The van der Waals surface area contributed by atoms with Crippen LogP contribution in [0.2, 0.25) is 0 Å². The molecule has 2 rings (SSSR count). The van der Waals surface area contributed by atoms with Crippen molar-refractivity contribution >= 4 is 0 Å². The summed E-state index contributed by atoms with van der Waals surface area (Å²) in [5, 5.41) is 0. The molecule has 1 aliphatic carbocycles. The third kappa shape index (κ3) is 1.60. The number of methoxy groups -OCH3 is 1. The minimum atomic E-state index is -0.241. The van der Waals surface area contributed by atoms with Gasteiger partial charge >= 0.3 is 0 Å². The van der Waals surface area contributed by atoms with E-state index in [-0.39, 0.29) is 11.9 Å². The van der Waals surface area contributed by atoms with Crippen LogP contribution in [0, 0.1) is 5.82 Å². The molecule has 1 aliphatic rings. The minimum Gasteiger partial charge on any atom is -0.496 e. The third-order valence-electron chi connectivity index (χ3n) is 2.73. The van der Waals surface area contributed by atoms with Crippen molar-refractivity contribution in [3.8, 4) is 5.75 Å². The molecule has 0 saturated carbocycles. The number of ether oxygens (including phenoxy) is 1. The molecule has 0 heterocycles. The summed E-state index contributed by atoms with van der Waals surface area (Å²) in [6.07, 6.45) is 2.60. The van der Waals surface area contributed by atoms with Crippen molar-refractivity contribution in [2.75, 3.05) is 7.11 Å². The van der Waals surface area contributed by atoms with E-state index in [0.717, 1.165) is 30.4 Å². The van der Waals surface area contributed by atoms with Crippen molar-refractivity contribution in [1.82, 2.24) is 0 Å². The van der Waals surface area contributed by atoms with Crippen LogP contribution in [0.4, 0.5) is 4.39 Å². The summed E-state index contributed by atoms with van der Waals surface area (Å²) in [6.45, 7) is 0. The first kappa shape index (κ1) is 9.46. The number of nitrogens with two attached hydrogens (primary N) is 1. The molecule has 1 atom stereocenters. The first-order chi connectivity index (χ1) is 6.70. The zero-order valence-corrected chi connectivity index (χ0v) is 8.22. The largest absolute Gasteiger partial charge is 0.496 e. The van der Waals surface area contributed by atoms with Gasteiger partial charge in [-0.15, -0.1) is 0 Å². The molecule has 0 saturated heterocycles. The van der Waals surface area contributed by atoms with Crippen LogP contribution in [-0.4, -0.2) is 13.2 Å². The van der Waals surface area contributed by atoms with Gasteiger partial charge in [0.25, 0.3) is 0 Å². The summed E-state index contributed by atoms with van der Waals surface area (Å²) < 4.78 is 18.3. The maximum absolute atomic E-state index is 13.1. The molecular weight excluding hydrogens is 181 g/mol. The van der Waals surface area contributed by atoms with Gasteiger partial charge in [0.1, 0.15) is 11.6 Å². The van der Waals surface area contributed by atoms with Gasteiger partial charge < -0.3 is 10.5 Å². The average molecular weight is 195 g/mol. The average Bonchev–Trinajstić information content (AvgIpc) is 2.15. The van der Waals surface area contributed by atoms with E-state index in [4.69, 9.17) is 10.5 Å². The highest BCUT2D eigenvalue weighted by Crippen LogP contribution is 2.30. The Morgan fingerprint density at radius 2 is 2.29 bits per heavy atom. The molecule has 1 unspecified atom stereocenters. The fraction of sp³-hybridized carbons (Fsp3) is 0.455. The Morgan fingerprint density at radius 3 is 3.00 bits per heavy atom. The summed E-state index contributed by atoms with van der Waals surface area (Å²) >= 11 is 0. The second-order valence-electron chi connectivity index (χ2n) is 3.75. The summed E-state index contributed by atoms with van der Waals surface area (Å²) in [6, 6.07) is 3.17. The predicted molar refractivity (Wildman–Crippen MR) is 53.0 cm³/mol. The minimum absolute atomic E-state index is 0.161. The highest BCUT2D eigenvalue weighted by Gasteiger charge is 2.19. The molecule has 0 spiro atoms. The summed E-state index contributed by atoms with van der Waals surface area (Å²) in [5.41, 5.74) is 7.95. The lowest BCUT2D eigenvalue weighted by Gasteiger charge is -2.23. The van der Waals surface area contributed by atoms with Gasteiger partial charge in [0.05, 0.1) is 7.11 Å². The van der Waals surface area contributed by atoms with E-state index < -0.39 is 0 Å². The molecule has 1 aromatic rings. The van der Waals surface area contributed by atoms with Crippen molar-refractivity contribution in [2.45, 2.75) is 25.3 Å². The van der Waals surface area contributed by atoms with Gasteiger partial charge in [-0.3, -0.25) is 0 Å². The molecule has 0 radical (unpaired) electrons. The Balaban J connectivity index is 2.46. The van der Waals surface area contributed by atoms with Crippen LogP contribution in [0.25, 0.3) is 0 Å². The first-order valence-corrected chi connectivity index (χ1v) is 4.81. The molecule has 0 amide bonds. The smallest absolute Gasteiger partial charge is 0.127 e. The SMILES string of the molecule is COc1cc(F)cc2c1CCC(N)C2. The number of hydrogen-bond donors (Lipinski definition) is 1. The zero-order chi connectivity index (χ0) is 10.1. The van der Waals surface area contributed by atoms with Gasteiger partial charge in [0, 0.05) is 12.1 Å². The predicted octanol–water partition coefficient (Wildman–Crippen LogP) is 1.65. The number of halogens is 1. The monoisotopic (exact) mass is 195 g/mol. The molecule has 3 heteroatoms. The summed E-state index contributed by atoms with van der Waals surface area (Å²) in [5.74, 6) is 0.418. The second kappa shape index (κ2) is 3.58. The highest BCUT2D eigenvalue weighted by molar-refractivity contribution is 5.42. The van der Waals surface area contributed by atoms with E-state index in [1.165, 1.54) is 6.07 Å². The second-order valence-corrected chi connectivity index (χ2v) is 3.75. The van der Waals surface area contributed by atoms with Crippen molar-refractivity contribution in [1.29, 1.82) is 0 Å². The van der Waals surface area contributed by atoms with E-state index in [0.29, 0.717) is 5.75 Å². The van der Waals surface area contributed by atoms with Crippen LogP contribution in [-0.2, 0) is 12.8 Å². The normalized spacial score (nSPS) is 20.4. The topological polar surface area (TPSA) is 35.2 Å². The van der Waals surface area contributed by atoms with Gasteiger partial charge in [-0.1, -0.05) is 0 Å². The Morgan fingerprint density at radius 1 is 1.50 bits per heavy atom. The molecule has 14 heavy (non-hydrogen) atoms. The lowest BCUT2D eigenvalue weighted by Crippen LogP contribution is -2.28. The van der Waals surface area contributed by atoms with Crippen molar-refractivity contribution < 1.29 is 9.13 Å². The Labute approximate surface area is 82.9 Å². The van der Waals surface area contributed by atoms with Crippen LogP contribution >= 0.6 is 0 Å². The summed E-state index contributed by atoms with van der Waals surface area (Å²) in [7, 11) is 1.57. The fourth-order valence-corrected chi connectivity index (χ4v) is 2.03. The Bertz CT molecular complexity index is 351. The van der Waals surface area contributed by atoms with Crippen molar-refractivity contribution in [3.63, 3.8) is 0 Å². The van der Waals surface area contributed by atoms with Crippen LogP contribution in [0.1, 0.15) is 17.5 Å². The molecule has 76 valence electrons. The van der Waals surface area contributed by atoms with Crippen LogP contribution < -0.4 is 10.5 Å². The molecule has 0 aliphatic heterocycles. The van der Waals surface area contributed by atoms with Gasteiger partial charge in [0.2, 0.25) is 0 Å². The molecule has 2 N–H and O–H groups in total. The maximum Gasteiger partial charge on any atom is 0.127 e. The van der Waals surface area contributed by atoms with E-state index in [9.17, 15) is 4.39 Å². The quantitative estimate of drug-likeness (QED) is 0.739. The lowest BCUT2D eigenvalue weighted by atomic mass is 9.88. The number of benzene rings is 1. The molecule has 0 fully saturated rings. The lowest BCUT2D eigenvalue weighted by molar-refractivity contribution is 0.400. The van der Waals surface area contributed by atoms with Crippen LogP contribution in [0.5, 0.6) is 5.75 Å². The molecule has 0 aromatic heterocycles. The van der Waals surface area contributed by atoms with E-state index in [1.54, 1.807) is 13.2 Å². The standard InChI is InChI=1S/C11H14FNO/c1-14-11-6-8(12)4-7-5-9(13)2-3-10(7)11/h4,6,9H,2-3,5,13H2,1H3. The van der Waals surface area contributed by atoms with Crippen molar-refractivity contribution in [2.24, 2.45) is 5.73 Å². The number of hydrogen-bond acceptors (Lipinski definition) is 2. The van der Waals surface area contributed by atoms with Gasteiger partial charge in [-0.25, -0.2) is 4.39 Å². The third-order valence-corrected chi connectivity index (χ3v) is 2.73. The van der Waals surface area contributed by atoms with Crippen LogP contribution in [0.3, 0.4) is 0 Å². The fourth-order valence-electron chi connectivity index (χ4n) is 2.03. The molecule has 2 nitrogen and oxygen atoms in total. The molecular formula is C11H14FNO. The summed E-state index contributed by atoms with van der Waals surface area (Å²) in [4.78, 5) is 0. The van der Waals surface area contributed by atoms with Crippen molar-refractivity contribution in [3.05, 3.63) is 29.1 Å². The highest BCUT2D eigenvalue weighted by atomic mass is 19.1. The van der Waals surface area contributed by atoms with E-state index in [1.807, 2.05) is 0 Å². The van der Waals surface area contributed by atoms with Gasteiger partial charge in [0.15, 0.2) is 0 Å². The number of fused-ring (bicyclic) bond motifs is 1.